The first-order valence-electron chi connectivity index (χ1n) is 10.9. The Balaban J connectivity index is 1.59. The van der Waals surface area contributed by atoms with Gasteiger partial charge in [0.15, 0.2) is 0 Å². The Kier molecular flexibility index (Phi) is 6.30. The molecule has 0 saturated heterocycles. The molecule has 180 valence electrons. The van der Waals surface area contributed by atoms with Gasteiger partial charge in [0, 0.05) is 11.9 Å². The molecule has 8 nitrogen and oxygen atoms in total. The lowest BCUT2D eigenvalue weighted by atomic mass is 9.63. The standard InChI is InChI=1S/C24H27FN4O4S/c1-13-7-14(9-15(8-13)28-22-27-10-17(25)19(29-22)33-4)18-11-26-21(34-18)24(32)6-5-16(20(30)31)23(2,3)12-24/h7-11,16,32H,5-6,12H2,1-4H3,(H,30,31)(H,27,28,29)/t16-,24-/m1/s1. The molecule has 0 radical (unpaired) electrons. The highest BCUT2D eigenvalue weighted by atomic mass is 32.1. The molecule has 0 bridgehead atoms. The van der Waals surface area contributed by atoms with Gasteiger partial charge in [-0.15, -0.1) is 11.3 Å². The van der Waals surface area contributed by atoms with Crippen molar-refractivity contribution in [3.8, 4) is 16.3 Å². The first-order chi connectivity index (χ1) is 16.0. The van der Waals surface area contributed by atoms with E-state index in [1.807, 2.05) is 39.0 Å². The van der Waals surface area contributed by atoms with Gasteiger partial charge in [-0.25, -0.2) is 9.97 Å². The predicted molar refractivity (Wildman–Crippen MR) is 127 cm³/mol. The molecule has 0 amide bonds. The number of aliphatic carboxylic acids is 1. The number of nitrogens with zero attached hydrogens (tertiary/aromatic N) is 3. The third-order valence-corrected chi connectivity index (χ3v) is 7.50. The van der Waals surface area contributed by atoms with Gasteiger partial charge in [-0.1, -0.05) is 19.9 Å². The van der Waals surface area contributed by atoms with Crippen molar-refractivity contribution in [1.29, 1.82) is 0 Å². The number of halogens is 1. The number of nitrogens with one attached hydrogen (secondary N) is 1. The number of aliphatic hydroxyl groups is 1. The molecule has 10 heteroatoms. The maximum absolute atomic E-state index is 13.6. The Morgan fingerprint density at radius 2 is 2.03 bits per heavy atom. The molecule has 2 heterocycles. The third kappa shape index (κ3) is 4.74. The molecular formula is C24H27FN4O4S. The van der Waals surface area contributed by atoms with Crippen LogP contribution in [0.1, 0.15) is 43.7 Å². The van der Waals surface area contributed by atoms with E-state index in [2.05, 4.69) is 20.3 Å². The molecule has 4 rings (SSSR count). The molecule has 3 aromatic rings. The largest absolute Gasteiger partial charge is 0.481 e. The van der Waals surface area contributed by atoms with Crippen LogP contribution in [0.2, 0.25) is 0 Å². The van der Waals surface area contributed by atoms with Crippen LogP contribution in [-0.4, -0.2) is 38.2 Å². The molecule has 0 unspecified atom stereocenters. The maximum Gasteiger partial charge on any atom is 0.307 e. The lowest BCUT2D eigenvalue weighted by Gasteiger charge is -2.44. The van der Waals surface area contributed by atoms with Crippen LogP contribution in [0, 0.1) is 24.1 Å². The minimum absolute atomic E-state index is 0.147. The van der Waals surface area contributed by atoms with E-state index >= 15 is 0 Å². The van der Waals surface area contributed by atoms with Crippen LogP contribution < -0.4 is 10.1 Å². The summed E-state index contributed by atoms with van der Waals surface area (Å²) in [5, 5.41) is 24.6. The smallest absolute Gasteiger partial charge is 0.307 e. The molecule has 1 aliphatic rings. The Hall–Kier alpha value is -3.11. The van der Waals surface area contributed by atoms with Crippen LogP contribution in [0.5, 0.6) is 5.88 Å². The van der Waals surface area contributed by atoms with Gasteiger partial charge in [0.1, 0.15) is 10.6 Å². The second-order valence-electron chi connectivity index (χ2n) is 9.42. The van der Waals surface area contributed by atoms with Crippen LogP contribution in [0.4, 0.5) is 16.0 Å². The van der Waals surface area contributed by atoms with Crippen molar-refractivity contribution < 1.29 is 24.1 Å². The molecule has 1 aromatic carbocycles. The fourth-order valence-corrected chi connectivity index (χ4v) is 5.70. The fourth-order valence-electron chi connectivity index (χ4n) is 4.68. The average molecular weight is 487 g/mol. The summed E-state index contributed by atoms with van der Waals surface area (Å²) in [6.07, 6.45) is 3.85. The van der Waals surface area contributed by atoms with E-state index in [0.29, 0.717) is 30.0 Å². The molecule has 0 aliphatic heterocycles. The van der Waals surface area contributed by atoms with Crippen LogP contribution in [0.25, 0.3) is 10.4 Å². The topological polar surface area (TPSA) is 117 Å². The van der Waals surface area contributed by atoms with Crippen molar-refractivity contribution in [2.75, 3.05) is 12.4 Å². The van der Waals surface area contributed by atoms with Crippen LogP contribution in [0.15, 0.2) is 30.6 Å². The van der Waals surface area contributed by atoms with E-state index in [-0.39, 0.29) is 11.8 Å². The van der Waals surface area contributed by atoms with Crippen LogP contribution >= 0.6 is 11.3 Å². The second kappa shape index (κ2) is 8.92. The number of anilines is 2. The summed E-state index contributed by atoms with van der Waals surface area (Å²) in [6.45, 7) is 5.72. The maximum atomic E-state index is 13.6. The van der Waals surface area contributed by atoms with Crippen LogP contribution in [0.3, 0.4) is 0 Å². The molecule has 3 N–H and O–H groups in total. The summed E-state index contributed by atoms with van der Waals surface area (Å²) in [7, 11) is 1.34. The number of hydrogen-bond donors (Lipinski definition) is 3. The molecule has 1 fully saturated rings. The van der Waals surface area contributed by atoms with Crippen molar-refractivity contribution in [3.05, 3.63) is 47.0 Å². The Morgan fingerprint density at radius 3 is 2.71 bits per heavy atom. The quantitative estimate of drug-likeness (QED) is 0.450. The lowest BCUT2D eigenvalue weighted by Crippen LogP contribution is -2.44. The lowest BCUT2D eigenvalue weighted by molar-refractivity contribution is -0.154. The van der Waals surface area contributed by atoms with E-state index in [1.54, 1.807) is 6.20 Å². The number of ether oxygens (including phenoxy) is 1. The molecule has 1 saturated carbocycles. The monoisotopic (exact) mass is 486 g/mol. The molecule has 2 atom stereocenters. The second-order valence-corrected chi connectivity index (χ2v) is 10.5. The summed E-state index contributed by atoms with van der Waals surface area (Å²) in [5.41, 5.74) is 0.858. The van der Waals surface area contributed by atoms with Gasteiger partial charge in [-0.3, -0.25) is 4.79 Å². The minimum atomic E-state index is -1.16. The molecular weight excluding hydrogens is 459 g/mol. The zero-order chi connectivity index (χ0) is 24.7. The Morgan fingerprint density at radius 1 is 1.26 bits per heavy atom. The van der Waals surface area contributed by atoms with Crippen LogP contribution in [-0.2, 0) is 10.4 Å². The Bertz CT molecular complexity index is 1230. The highest BCUT2D eigenvalue weighted by molar-refractivity contribution is 7.15. The molecule has 2 aromatic heterocycles. The van der Waals surface area contributed by atoms with Gasteiger partial charge in [-0.2, -0.15) is 9.37 Å². The van der Waals surface area contributed by atoms with Gasteiger partial charge in [0.2, 0.25) is 11.8 Å². The fraction of sp³-hybridized carbons (Fsp3) is 0.417. The van der Waals surface area contributed by atoms with E-state index in [0.717, 1.165) is 22.2 Å². The van der Waals surface area contributed by atoms with E-state index in [9.17, 15) is 19.4 Å². The number of carbonyl (C=O) groups is 1. The number of aryl methyl sites for hydroxylation is 1. The van der Waals surface area contributed by atoms with Gasteiger partial charge in [0.05, 0.1) is 24.1 Å². The van der Waals surface area contributed by atoms with Gasteiger partial charge in [0.25, 0.3) is 5.88 Å². The Labute approximate surface area is 200 Å². The number of benzene rings is 1. The number of carboxylic acid groups (broad SMARTS) is 1. The summed E-state index contributed by atoms with van der Waals surface area (Å²) in [5.74, 6) is -1.91. The first kappa shape index (κ1) is 24.0. The van der Waals surface area contributed by atoms with Crippen molar-refractivity contribution >= 4 is 28.9 Å². The number of aromatic nitrogens is 3. The number of rotatable bonds is 6. The van der Waals surface area contributed by atoms with E-state index < -0.39 is 28.7 Å². The van der Waals surface area contributed by atoms with E-state index in [4.69, 9.17) is 4.74 Å². The van der Waals surface area contributed by atoms with Gasteiger partial charge in [-0.05, 0) is 54.9 Å². The van der Waals surface area contributed by atoms with Crippen molar-refractivity contribution in [2.24, 2.45) is 11.3 Å². The zero-order valence-corrected chi connectivity index (χ0v) is 20.2. The predicted octanol–water partition coefficient (Wildman–Crippen LogP) is 4.90. The minimum Gasteiger partial charge on any atom is -0.481 e. The third-order valence-electron chi connectivity index (χ3n) is 6.26. The van der Waals surface area contributed by atoms with Crippen molar-refractivity contribution in [3.63, 3.8) is 0 Å². The normalized spacial score (nSPS) is 21.8. The number of hydrogen-bond acceptors (Lipinski definition) is 8. The summed E-state index contributed by atoms with van der Waals surface area (Å²) in [4.78, 5) is 25.0. The molecule has 34 heavy (non-hydrogen) atoms. The van der Waals surface area contributed by atoms with Crippen molar-refractivity contribution in [1.82, 2.24) is 15.0 Å². The molecule has 0 spiro atoms. The van der Waals surface area contributed by atoms with Crippen molar-refractivity contribution in [2.45, 2.75) is 45.6 Å². The number of thiazole rings is 1. The highest BCUT2D eigenvalue weighted by Crippen LogP contribution is 2.50. The first-order valence-corrected chi connectivity index (χ1v) is 11.7. The van der Waals surface area contributed by atoms with E-state index in [1.165, 1.54) is 18.4 Å². The summed E-state index contributed by atoms with van der Waals surface area (Å²) in [6, 6.07) is 5.82. The number of methoxy groups -OCH3 is 1. The summed E-state index contributed by atoms with van der Waals surface area (Å²) < 4.78 is 18.5. The average Bonchev–Trinajstić information content (AvgIpc) is 3.25. The zero-order valence-electron chi connectivity index (χ0n) is 19.4. The summed E-state index contributed by atoms with van der Waals surface area (Å²) >= 11 is 1.40. The molecule has 1 aliphatic carbocycles. The number of carboxylic acids is 1. The SMILES string of the molecule is COc1nc(Nc2cc(C)cc(-c3cnc([C@@]4(O)CC[C@H](C(=O)O)C(C)(C)C4)s3)c2)ncc1F. The highest BCUT2D eigenvalue weighted by Gasteiger charge is 2.49. The van der Waals surface area contributed by atoms with Gasteiger partial charge < -0.3 is 20.3 Å². The van der Waals surface area contributed by atoms with Gasteiger partial charge >= 0.3 is 5.97 Å².